The van der Waals surface area contributed by atoms with Crippen molar-refractivity contribution >= 4 is 68.1 Å². The first-order chi connectivity index (χ1) is 20.5. The largest absolute Gasteiger partial charge is 2.00 e. The van der Waals surface area contributed by atoms with Crippen molar-refractivity contribution in [3.8, 4) is 0 Å². The average Bonchev–Trinajstić information content (AvgIpc) is 3.50. The van der Waals surface area contributed by atoms with E-state index in [2.05, 4.69) is 26.8 Å². The molecule has 0 amide bonds. The number of hydrogen-bond donors (Lipinski definition) is 2. The first-order valence-corrected chi connectivity index (χ1v) is 15.8. The Hall–Kier alpha value is -3.59. The van der Waals surface area contributed by atoms with Gasteiger partial charge in [-0.15, -0.1) is 22.1 Å². The van der Waals surface area contributed by atoms with Gasteiger partial charge >= 0.3 is 29.0 Å². The fourth-order valence-electron chi connectivity index (χ4n) is 6.23. The maximum atomic E-state index is 11.6. The maximum absolute atomic E-state index is 11.6. The zero-order chi connectivity index (χ0) is 30.6. The number of nitrogens with zero attached hydrogens (tertiary/aromatic N) is 4. The Labute approximate surface area is 271 Å². The third kappa shape index (κ3) is 5.90. The normalized spacial score (nSPS) is 15.9. The van der Waals surface area contributed by atoms with Gasteiger partial charge in [0.25, 0.3) is 0 Å². The molecule has 2 N–H and O–H groups in total. The van der Waals surface area contributed by atoms with Crippen LogP contribution in [0, 0.1) is 13.8 Å². The molecule has 1 saturated heterocycles. The summed E-state index contributed by atoms with van der Waals surface area (Å²) in [5, 5.41) is 19.4. The second-order valence-electron chi connectivity index (χ2n) is 11.5. The maximum Gasteiger partial charge on any atom is 2.00 e. The average molecular weight is 652 g/mol. The van der Waals surface area contributed by atoms with Crippen molar-refractivity contribution < 1.29 is 36.9 Å². The molecule has 0 aromatic carbocycles. The Morgan fingerprint density at radius 2 is 1.27 bits per heavy atom. The molecule has 8 nitrogen and oxygen atoms in total. The number of hydrogen-bond acceptors (Lipinski definition) is 4. The molecular weight excluding hydrogens is 616 g/mol. The van der Waals surface area contributed by atoms with Crippen LogP contribution in [0.1, 0.15) is 96.7 Å². The molecule has 1 atom stereocenters. The number of carbonyl (C=O) groups is 2. The number of aliphatic carboxylic acids is 2. The van der Waals surface area contributed by atoms with Gasteiger partial charge in [-0.3, -0.25) is 9.59 Å². The molecule has 3 aliphatic heterocycles. The fourth-order valence-corrected chi connectivity index (χ4v) is 7.03. The number of rotatable bonds is 8. The van der Waals surface area contributed by atoms with E-state index in [0.29, 0.717) is 29.3 Å². The summed E-state index contributed by atoms with van der Waals surface area (Å²) in [6, 6.07) is 8.03. The standard InChI is InChI=1S/C34H36N4O4S.Fe/c1-6-20-16(2)25-13-30-34(31-15-43-31)19(5)26(38-30)11-23-17(3)21(7-9-32(39)40)28(36-23)14-29-22(8-10-33(41)42)18(4)24(37-29)12-27(20)35-25;/h11-14,31H,6-10,15H2,1-5H3,(H4,35,36,37,38,39,40,41,42);/q;+2/p-1. The molecule has 3 aliphatic rings. The summed E-state index contributed by atoms with van der Waals surface area (Å²) in [4.78, 5) is 43.3. The molecule has 44 heavy (non-hydrogen) atoms. The summed E-state index contributed by atoms with van der Waals surface area (Å²) in [5.74, 6) is -0.623. The zero-order valence-corrected chi connectivity index (χ0v) is 27.4. The van der Waals surface area contributed by atoms with Crippen LogP contribution < -0.4 is 9.97 Å². The van der Waals surface area contributed by atoms with Gasteiger partial charge in [0, 0.05) is 12.8 Å². The van der Waals surface area contributed by atoms with E-state index in [-0.39, 0.29) is 29.9 Å². The number of fused-ring (bicyclic) bond motifs is 8. The number of aromatic nitrogens is 4. The molecule has 0 radical (unpaired) electrons. The second-order valence-corrected chi connectivity index (χ2v) is 12.8. The third-order valence-electron chi connectivity index (χ3n) is 8.79. The molecular formula is C34H35FeN4O4S+. The SMILES string of the molecule is CCC1=C(C)c2cc3[n-]c(cc4nc(cc5[n-]c(cc1n2)c(C)c5CCC(=O)O)C(CCC(=O)O)=C4C)c(C)c3C1C[SH+]1.[Fe+2]. The van der Waals surface area contributed by atoms with Crippen molar-refractivity contribution in [2.75, 3.05) is 5.75 Å². The fraction of sp³-hybridized carbons (Fsp3) is 0.353. The van der Waals surface area contributed by atoms with Crippen LogP contribution in [0.25, 0.3) is 44.4 Å². The number of carboxylic acids is 2. The molecule has 1 fully saturated rings. The molecule has 10 heteroatoms. The van der Waals surface area contributed by atoms with E-state index < -0.39 is 11.9 Å². The number of carboxylic acid groups (broad SMARTS) is 2. The van der Waals surface area contributed by atoms with E-state index in [1.807, 2.05) is 32.0 Å². The predicted molar refractivity (Wildman–Crippen MR) is 173 cm³/mol. The van der Waals surface area contributed by atoms with Crippen LogP contribution in [0.3, 0.4) is 0 Å². The van der Waals surface area contributed by atoms with Gasteiger partial charge in [-0.2, -0.15) is 0 Å². The number of aryl methyl sites for hydroxylation is 3. The van der Waals surface area contributed by atoms with Gasteiger partial charge in [0.1, 0.15) is 0 Å². The number of allylic oxidation sites excluding steroid dienone is 4. The molecule has 0 aliphatic carbocycles. The van der Waals surface area contributed by atoms with Gasteiger partial charge in [-0.05, 0) is 86.6 Å². The van der Waals surface area contributed by atoms with Crippen molar-refractivity contribution in [3.05, 3.63) is 69.3 Å². The van der Waals surface area contributed by atoms with E-state index in [9.17, 15) is 19.8 Å². The number of thiol groups is 1. The van der Waals surface area contributed by atoms with Crippen molar-refractivity contribution in [2.45, 2.75) is 72.0 Å². The Kier molecular flexibility index (Phi) is 8.99. The molecule has 3 aromatic rings. The van der Waals surface area contributed by atoms with Crippen LogP contribution in [0.2, 0.25) is 0 Å². The molecule has 3 aromatic heterocycles. The summed E-state index contributed by atoms with van der Waals surface area (Å²) in [6.45, 7) is 10.3. The molecule has 1 unspecified atom stereocenters. The molecule has 6 heterocycles. The first-order valence-electron chi connectivity index (χ1n) is 14.7. The molecule has 6 rings (SSSR count). The van der Waals surface area contributed by atoms with Crippen LogP contribution >= 0.6 is 0 Å². The second kappa shape index (κ2) is 12.4. The molecule has 8 bridgehead atoms. The minimum Gasteiger partial charge on any atom is -0.657 e. The van der Waals surface area contributed by atoms with Gasteiger partial charge in [0.05, 0.1) is 22.8 Å². The minimum atomic E-state index is -0.875. The summed E-state index contributed by atoms with van der Waals surface area (Å²) < 4.78 is 0. The van der Waals surface area contributed by atoms with Crippen LogP contribution in [-0.4, -0.2) is 37.9 Å². The van der Waals surface area contributed by atoms with E-state index >= 15 is 0 Å². The minimum absolute atomic E-state index is 0. The van der Waals surface area contributed by atoms with Crippen LogP contribution in [0.4, 0.5) is 0 Å². The molecule has 0 spiro atoms. The van der Waals surface area contributed by atoms with Gasteiger partial charge in [0.2, 0.25) is 0 Å². The van der Waals surface area contributed by atoms with Crippen LogP contribution in [-0.2, 0) is 44.8 Å². The van der Waals surface area contributed by atoms with Crippen LogP contribution in [0.5, 0.6) is 0 Å². The quantitative estimate of drug-likeness (QED) is 0.127. The van der Waals surface area contributed by atoms with Gasteiger partial charge in [0.15, 0.2) is 11.0 Å². The summed E-state index contributed by atoms with van der Waals surface area (Å²) in [7, 11) is 0. The van der Waals surface area contributed by atoms with Gasteiger partial charge in [-0.1, -0.05) is 47.9 Å². The van der Waals surface area contributed by atoms with Crippen molar-refractivity contribution in [3.63, 3.8) is 0 Å². The Balaban J connectivity index is 0.00000384. The molecule has 228 valence electrons. The van der Waals surface area contributed by atoms with Crippen LogP contribution in [0.15, 0.2) is 24.3 Å². The van der Waals surface area contributed by atoms with E-state index in [1.54, 1.807) is 0 Å². The molecule has 0 saturated carbocycles. The summed E-state index contributed by atoms with van der Waals surface area (Å²) in [6.07, 6.45) is 1.43. The Morgan fingerprint density at radius 1 is 0.773 bits per heavy atom. The van der Waals surface area contributed by atoms with Crippen molar-refractivity contribution in [1.29, 1.82) is 0 Å². The van der Waals surface area contributed by atoms with Crippen molar-refractivity contribution in [1.82, 2.24) is 19.9 Å². The Morgan fingerprint density at radius 3 is 1.89 bits per heavy atom. The predicted octanol–water partition coefficient (Wildman–Crippen LogP) is 6.21. The van der Waals surface area contributed by atoms with E-state index in [4.69, 9.17) is 19.9 Å². The monoisotopic (exact) mass is 651 g/mol. The third-order valence-corrected chi connectivity index (χ3v) is 9.78. The smallest absolute Gasteiger partial charge is 0.657 e. The van der Waals surface area contributed by atoms with Gasteiger partial charge < -0.3 is 20.2 Å². The zero-order valence-electron chi connectivity index (χ0n) is 25.4. The topological polar surface area (TPSA) is 129 Å². The Bertz CT molecular complexity index is 1930. The van der Waals surface area contributed by atoms with Gasteiger partial charge in [-0.25, -0.2) is 9.97 Å². The van der Waals surface area contributed by atoms with Crippen molar-refractivity contribution in [2.24, 2.45) is 0 Å². The first kappa shape index (κ1) is 31.8. The van der Waals surface area contributed by atoms with E-state index in [0.717, 1.165) is 84.8 Å². The van der Waals surface area contributed by atoms with E-state index in [1.165, 1.54) is 17.3 Å². The summed E-state index contributed by atoms with van der Waals surface area (Å²) >= 11 is 1.41. The summed E-state index contributed by atoms with van der Waals surface area (Å²) in [5.41, 5.74) is 14.7.